The van der Waals surface area contributed by atoms with E-state index in [-0.39, 0.29) is 13.4 Å². The first-order chi connectivity index (χ1) is 14.1. The summed E-state index contributed by atoms with van der Waals surface area (Å²) < 4.78 is 5.17. The fourth-order valence-electron chi connectivity index (χ4n) is 4.83. The lowest BCUT2D eigenvalue weighted by Gasteiger charge is -2.35. The number of hydrogen-bond donors (Lipinski definition) is 0. The highest BCUT2D eigenvalue weighted by atomic mass is 32.1. The maximum atomic E-state index is 12.7. The number of thiophene rings is 1. The van der Waals surface area contributed by atoms with E-state index in [2.05, 4.69) is 49.2 Å². The third-order valence-corrected chi connectivity index (χ3v) is 7.74. The molecule has 0 saturated heterocycles. The number of likely N-dealkylation sites (N-methyl/N-ethyl adjacent to an activating group) is 1. The molecule has 0 bridgehead atoms. The van der Waals surface area contributed by atoms with Crippen molar-refractivity contribution in [2.75, 3.05) is 27.2 Å². The molecule has 0 unspecified atom stereocenters. The fraction of sp³-hybridized carbons (Fsp3) is 0.500. The molecule has 3 nitrogen and oxygen atoms in total. The molecule has 1 saturated carbocycles. The summed E-state index contributed by atoms with van der Waals surface area (Å²) in [7, 11) is 3.67. The molecule has 1 fully saturated rings. The Morgan fingerprint density at radius 3 is 2.50 bits per heavy atom. The molecule has 1 aliphatic heterocycles. The van der Waals surface area contributed by atoms with Gasteiger partial charge < -0.3 is 9.64 Å². The predicted octanol–water partition coefficient (Wildman–Crippen LogP) is 6.75. The highest BCUT2D eigenvalue weighted by molar-refractivity contribution is 7.17. The summed E-state index contributed by atoms with van der Waals surface area (Å²) in [6.45, 7) is 4.39. The minimum absolute atomic E-state index is 0. The lowest BCUT2D eigenvalue weighted by atomic mass is 9.75. The molecule has 162 valence electrons. The van der Waals surface area contributed by atoms with Crippen molar-refractivity contribution in [2.24, 2.45) is 11.8 Å². The van der Waals surface area contributed by atoms with Crippen molar-refractivity contribution >= 4 is 22.9 Å². The van der Waals surface area contributed by atoms with E-state index < -0.39 is 0 Å². The van der Waals surface area contributed by atoms with Crippen LogP contribution in [0.15, 0.2) is 42.0 Å². The molecule has 1 aromatic carbocycles. The summed E-state index contributed by atoms with van der Waals surface area (Å²) in [6, 6.07) is 12.6. The van der Waals surface area contributed by atoms with Crippen molar-refractivity contribution < 1.29 is 9.53 Å². The van der Waals surface area contributed by atoms with Crippen molar-refractivity contribution in [2.45, 2.75) is 46.5 Å². The SMILES string of the molecule is C.COC(=O)c1sc(-c2ccccc2)cc1C1=C(C2CCC(C)CC2)CCN(C)C1. The zero-order valence-corrected chi connectivity index (χ0v) is 18.6. The zero-order valence-electron chi connectivity index (χ0n) is 17.7. The summed E-state index contributed by atoms with van der Waals surface area (Å²) >= 11 is 1.56. The number of esters is 1. The minimum atomic E-state index is -0.218. The summed E-state index contributed by atoms with van der Waals surface area (Å²) in [4.78, 5) is 16.9. The summed E-state index contributed by atoms with van der Waals surface area (Å²) in [6.07, 6.45) is 6.32. The first kappa shape index (κ1) is 22.8. The number of benzene rings is 1. The topological polar surface area (TPSA) is 29.5 Å². The van der Waals surface area contributed by atoms with Crippen LogP contribution in [0.3, 0.4) is 0 Å². The van der Waals surface area contributed by atoms with E-state index in [9.17, 15) is 4.79 Å². The Labute approximate surface area is 185 Å². The molecule has 4 rings (SSSR count). The molecule has 4 heteroatoms. The van der Waals surface area contributed by atoms with E-state index in [0.717, 1.165) is 46.3 Å². The van der Waals surface area contributed by atoms with Crippen molar-refractivity contribution in [1.82, 2.24) is 4.90 Å². The normalized spacial score (nSPS) is 22.5. The fourth-order valence-corrected chi connectivity index (χ4v) is 5.94. The lowest BCUT2D eigenvalue weighted by molar-refractivity contribution is 0.0606. The smallest absolute Gasteiger partial charge is 0.348 e. The molecule has 0 radical (unpaired) electrons. The third kappa shape index (κ3) is 4.70. The molecule has 30 heavy (non-hydrogen) atoms. The van der Waals surface area contributed by atoms with Crippen LogP contribution < -0.4 is 0 Å². The molecule has 0 spiro atoms. The average molecular weight is 426 g/mol. The van der Waals surface area contributed by atoms with Gasteiger partial charge in [-0.15, -0.1) is 11.3 Å². The molecule has 2 aromatic rings. The van der Waals surface area contributed by atoms with Crippen LogP contribution in [0.4, 0.5) is 0 Å². The van der Waals surface area contributed by atoms with Gasteiger partial charge in [0, 0.05) is 23.5 Å². The van der Waals surface area contributed by atoms with Gasteiger partial charge in [-0.05, 0) is 55.3 Å². The third-order valence-electron chi connectivity index (χ3n) is 6.57. The molecule has 0 amide bonds. The van der Waals surface area contributed by atoms with E-state index in [0.29, 0.717) is 5.92 Å². The van der Waals surface area contributed by atoms with Crippen LogP contribution in [-0.4, -0.2) is 38.1 Å². The Balaban J connectivity index is 0.00000256. The van der Waals surface area contributed by atoms with Gasteiger partial charge in [0.1, 0.15) is 4.88 Å². The van der Waals surface area contributed by atoms with Gasteiger partial charge in [0.15, 0.2) is 0 Å². The van der Waals surface area contributed by atoms with Gasteiger partial charge in [-0.2, -0.15) is 0 Å². The average Bonchev–Trinajstić information content (AvgIpc) is 3.20. The number of methoxy groups -OCH3 is 1. The first-order valence-corrected chi connectivity index (χ1v) is 11.6. The van der Waals surface area contributed by atoms with Gasteiger partial charge in [0.2, 0.25) is 0 Å². The number of rotatable bonds is 4. The Morgan fingerprint density at radius 1 is 1.13 bits per heavy atom. The summed E-state index contributed by atoms with van der Waals surface area (Å²) in [5.41, 5.74) is 5.22. The molecule has 1 aromatic heterocycles. The maximum absolute atomic E-state index is 12.7. The highest BCUT2D eigenvalue weighted by Crippen LogP contribution is 2.43. The molecule has 0 N–H and O–H groups in total. The summed E-state index contributed by atoms with van der Waals surface area (Å²) in [5, 5.41) is 0. The van der Waals surface area contributed by atoms with Crippen LogP contribution >= 0.6 is 11.3 Å². The van der Waals surface area contributed by atoms with E-state index in [1.807, 2.05) is 6.07 Å². The number of carbonyl (C=O) groups is 1. The van der Waals surface area contributed by atoms with Gasteiger partial charge in [-0.25, -0.2) is 4.79 Å². The molecule has 2 aliphatic rings. The quantitative estimate of drug-likeness (QED) is 0.507. The largest absolute Gasteiger partial charge is 0.465 e. The second-order valence-electron chi connectivity index (χ2n) is 8.66. The van der Waals surface area contributed by atoms with Crippen molar-refractivity contribution in [1.29, 1.82) is 0 Å². The Kier molecular flexibility index (Phi) is 7.54. The van der Waals surface area contributed by atoms with Crippen LogP contribution in [0.5, 0.6) is 0 Å². The standard InChI is InChI=1S/C25H31NO2S.CH4/c1-17-9-11-18(12-10-17)20-13-14-26(2)16-22(20)21-15-23(19-7-5-4-6-8-19)29-24(21)25(27)28-3;/h4-8,15,17-18H,9-14,16H2,1-3H3;1H4. The Morgan fingerprint density at radius 2 is 1.83 bits per heavy atom. The second kappa shape index (κ2) is 9.93. The lowest BCUT2D eigenvalue weighted by Crippen LogP contribution is -2.30. The molecular weight excluding hydrogens is 390 g/mol. The Hall–Kier alpha value is -1.91. The van der Waals surface area contributed by atoms with Crippen LogP contribution in [0, 0.1) is 11.8 Å². The van der Waals surface area contributed by atoms with Gasteiger partial charge >= 0.3 is 5.97 Å². The number of carbonyl (C=O) groups excluding carboxylic acids is 1. The van der Waals surface area contributed by atoms with Crippen LogP contribution in [0.1, 0.15) is 61.7 Å². The number of hydrogen-bond acceptors (Lipinski definition) is 4. The monoisotopic (exact) mass is 425 g/mol. The van der Waals surface area contributed by atoms with E-state index in [1.54, 1.807) is 16.9 Å². The predicted molar refractivity (Wildman–Crippen MR) is 128 cm³/mol. The molecule has 1 aliphatic carbocycles. The highest BCUT2D eigenvalue weighted by Gasteiger charge is 2.30. The first-order valence-electron chi connectivity index (χ1n) is 10.7. The van der Waals surface area contributed by atoms with Gasteiger partial charge in [-0.1, -0.05) is 63.1 Å². The minimum Gasteiger partial charge on any atom is -0.465 e. The van der Waals surface area contributed by atoms with E-state index in [4.69, 9.17) is 4.74 Å². The van der Waals surface area contributed by atoms with Crippen LogP contribution in [0.2, 0.25) is 0 Å². The van der Waals surface area contributed by atoms with Gasteiger partial charge in [0.25, 0.3) is 0 Å². The van der Waals surface area contributed by atoms with Crippen molar-refractivity contribution in [3.05, 3.63) is 52.4 Å². The van der Waals surface area contributed by atoms with Crippen molar-refractivity contribution in [3.8, 4) is 10.4 Å². The second-order valence-corrected chi connectivity index (χ2v) is 9.71. The van der Waals surface area contributed by atoms with Gasteiger partial charge in [0.05, 0.1) is 7.11 Å². The molecule has 0 atom stereocenters. The molecule has 2 heterocycles. The summed E-state index contributed by atoms with van der Waals surface area (Å²) in [5.74, 6) is 1.29. The van der Waals surface area contributed by atoms with E-state index in [1.165, 1.54) is 38.4 Å². The van der Waals surface area contributed by atoms with Crippen LogP contribution in [0.25, 0.3) is 16.0 Å². The Bertz CT molecular complexity index is 891. The van der Waals surface area contributed by atoms with Crippen molar-refractivity contribution in [3.63, 3.8) is 0 Å². The zero-order chi connectivity index (χ0) is 20.4. The number of ether oxygens (including phenoxy) is 1. The maximum Gasteiger partial charge on any atom is 0.348 e. The van der Waals surface area contributed by atoms with E-state index >= 15 is 0 Å². The molecular formula is C26H35NO2S. The van der Waals surface area contributed by atoms with Crippen LogP contribution in [-0.2, 0) is 4.74 Å². The van der Waals surface area contributed by atoms with Gasteiger partial charge in [-0.3, -0.25) is 0 Å². The number of nitrogens with zero attached hydrogens (tertiary/aromatic N) is 1.